The Morgan fingerprint density at radius 2 is 1.81 bits per heavy atom. The number of hydrogen-bond donors (Lipinski definition) is 1. The van der Waals surface area contributed by atoms with Gasteiger partial charge in [0.1, 0.15) is 6.17 Å². The third kappa shape index (κ3) is 2.86. The van der Waals surface area contributed by atoms with Gasteiger partial charge in [-0.2, -0.15) is 0 Å². The van der Waals surface area contributed by atoms with Crippen molar-refractivity contribution in [3.63, 3.8) is 0 Å². The van der Waals surface area contributed by atoms with Gasteiger partial charge in [-0.15, -0.1) is 0 Å². The minimum Gasteiger partial charge on any atom is -0.376 e. The monoisotopic (exact) mass is 358 g/mol. The summed E-state index contributed by atoms with van der Waals surface area (Å²) in [7, 11) is 0. The molecule has 1 N–H and O–H groups in total. The molecule has 136 valence electrons. The molecule has 2 aliphatic heterocycles. The van der Waals surface area contributed by atoms with E-state index < -0.39 is 0 Å². The Morgan fingerprint density at radius 3 is 2.70 bits per heavy atom. The predicted octanol–water partition coefficient (Wildman–Crippen LogP) is 4.59. The molecule has 2 aliphatic rings. The maximum absolute atomic E-state index is 13.4. The number of fused-ring (bicyclic) bond motifs is 2. The number of nitrogens with one attached hydrogen (secondary N) is 1. The first kappa shape index (κ1) is 16.3. The fourth-order valence-electron chi connectivity index (χ4n) is 4.22. The minimum absolute atomic E-state index is 0.0674. The van der Waals surface area contributed by atoms with Crippen molar-refractivity contribution in [1.82, 2.24) is 4.90 Å². The van der Waals surface area contributed by atoms with E-state index >= 15 is 0 Å². The molecule has 0 spiro atoms. The van der Waals surface area contributed by atoms with Crippen molar-refractivity contribution in [3.8, 4) is 0 Å². The van der Waals surface area contributed by atoms with Gasteiger partial charge in [-0.05, 0) is 35.7 Å². The standard InChI is InChI=1S/C23H22N2O2/c26-23-20-11-3-4-13-21(20)24-22(25(23)15-17-9-6-14-27-17)19-12-5-8-16-7-1-2-10-18(16)19/h1-5,7-8,10-13,17,22,24H,6,9,14-15H2/t17-,22-/m1/s1. The van der Waals surface area contributed by atoms with Crippen LogP contribution in [0.25, 0.3) is 10.8 Å². The first-order valence-corrected chi connectivity index (χ1v) is 9.57. The second kappa shape index (κ2) is 6.71. The molecule has 0 radical (unpaired) electrons. The largest absolute Gasteiger partial charge is 0.376 e. The molecule has 27 heavy (non-hydrogen) atoms. The normalized spacial score (nSPS) is 21.9. The Balaban J connectivity index is 1.62. The summed E-state index contributed by atoms with van der Waals surface area (Å²) in [5, 5.41) is 5.96. The van der Waals surface area contributed by atoms with Crippen LogP contribution in [-0.4, -0.2) is 30.1 Å². The first-order valence-electron chi connectivity index (χ1n) is 9.57. The van der Waals surface area contributed by atoms with E-state index in [0.717, 1.165) is 36.3 Å². The molecule has 1 saturated heterocycles. The van der Waals surface area contributed by atoms with Crippen LogP contribution in [-0.2, 0) is 4.74 Å². The highest BCUT2D eigenvalue weighted by Crippen LogP contribution is 2.36. The fourth-order valence-corrected chi connectivity index (χ4v) is 4.22. The zero-order valence-electron chi connectivity index (χ0n) is 15.1. The summed E-state index contributed by atoms with van der Waals surface area (Å²) in [6, 6.07) is 22.4. The van der Waals surface area contributed by atoms with Crippen molar-refractivity contribution < 1.29 is 9.53 Å². The quantitative estimate of drug-likeness (QED) is 0.745. The number of para-hydroxylation sites is 1. The van der Waals surface area contributed by atoms with Crippen LogP contribution in [0.2, 0.25) is 0 Å². The molecule has 1 amide bonds. The second-order valence-electron chi connectivity index (χ2n) is 7.25. The Bertz CT molecular complexity index is 989. The van der Waals surface area contributed by atoms with Crippen LogP contribution in [0, 0.1) is 0 Å². The molecule has 0 aromatic heterocycles. The molecule has 0 bridgehead atoms. The summed E-state index contributed by atoms with van der Waals surface area (Å²) < 4.78 is 5.84. The van der Waals surface area contributed by atoms with Gasteiger partial charge in [-0.1, -0.05) is 54.6 Å². The van der Waals surface area contributed by atoms with Crippen LogP contribution in [0.1, 0.15) is 34.9 Å². The molecule has 3 aromatic carbocycles. The molecule has 1 fully saturated rings. The summed E-state index contributed by atoms with van der Waals surface area (Å²) in [4.78, 5) is 15.3. The van der Waals surface area contributed by atoms with Gasteiger partial charge in [0.25, 0.3) is 5.91 Å². The number of nitrogens with zero attached hydrogens (tertiary/aromatic N) is 1. The Morgan fingerprint density at radius 1 is 1.00 bits per heavy atom. The number of carbonyl (C=O) groups is 1. The maximum atomic E-state index is 13.4. The zero-order chi connectivity index (χ0) is 18.2. The van der Waals surface area contributed by atoms with Crippen molar-refractivity contribution in [2.24, 2.45) is 0 Å². The van der Waals surface area contributed by atoms with Gasteiger partial charge >= 0.3 is 0 Å². The van der Waals surface area contributed by atoms with Crippen LogP contribution in [0.15, 0.2) is 66.7 Å². The Hall–Kier alpha value is -2.85. The van der Waals surface area contributed by atoms with Crippen molar-refractivity contribution in [3.05, 3.63) is 77.9 Å². The number of carbonyl (C=O) groups excluding carboxylic acids is 1. The molecule has 2 atom stereocenters. The molecule has 2 heterocycles. The van der Waals surface area contributed by atoms with Gasteiger partial charge in [-0.3, -0.25) is 4.79 Å². The fraction of sp³-hybridized carbons (Fsp3) is 0.261. The summed E-state index contributed by atoms with van der Waals surface area (Å²) in [5.41, 5.74) is 2.74. The lowest BCUT2D eigenvalue weighted by Crippen LogP contribution is -2.46. The van der Waals surface area contributed by atoms with Crippen LogP contribution in [0.3, 0.4) is 0 Å². The molecule has 0 aliphatic carbocycles. The summed E-state index contributed by atoms with van der Waals surface area (Å²) in [5.74, 6) is 0.0674. The van der Waals surface area contributed by atoms with Crippen LogP contribution >= 0.6 is 0 Å². The molecule has 4 heteroatoms. The molecular formula is C23H22N2O2. The van der Waals surface area contributed by atoms with E-state index in [2.05, 4.69) is 41.7 Å². The lowest BCUT2D eigenvalue weighted by Gasteiger charge is -2.39. The first-order chi connectivity index (χ1) is 13.3. The van der Waals surface area contributed by atoms with E-state index in [0.29, 0.717) is 6.54 Å². The third-order valence-corrected chi connectivity index (χ3v) is 5.56. The van der Waals surface area contributed by atoms with Gasteiger partial charge in [0, 0.05) is 24.4 Å². The average molecular weight is 358 g/mol. The Kier molecular flexibility index (Phi) is 4.06. The van der Waals surface area contributed by atoms with Crippen molar-refractivity contribution in [2.75, 3.05) is 18.5 Å². The molecule has 4 nitrogen and oxygen atoms in total. The van der Waals surface area contributed by atoms with Crippen LogP contribution < -0.4 is 5.32 Å². The molecule has 5 rings (SSSR count). The van der Waals surface area contributed by atoms with Gasteiger partial charge in [0.05, 0.1) is 11.7 Å². The van der Waals surface area contributed by atoms with Gasteiger partial charge in [0.15, 0.2) is 0 Å². The highest BCUT2D eigenvalue weighted by atomic mass is 16.5. The SMILES string of the molecule is O=C1c2ccccc2N[C@@H](c2cccc3ccccc23)N1C[C@H]1CCCO1. The average Bonchev–Trinajstić information content (AvgIpc) is 3.23. The van der Waals surface area contributed by atoms with E-state index in [1.54, 1.807) is 0 Å². The van der Waals surface area contributed by atoms with E-state index in [1.807, 2.05) is 35.2 Å². The van der Waals surface area contributed by atoms with Crippen molar-refractivity contribution in [1.29, 1.82) is 0 Å². The second-order valence-corrected chi connectivity index (χ2v) is 7.25. The van der Waals surface area contributed by atoms with Gasteiger partial charge in [0.2, 0.25) is 0 Å². The van der Waals surface area contributed by atoms with Crippen LogP contribution in [0.5, 0.6) is 0 Å². The molecular weight excluding hydrogens is 336 g/mol. The molecule has 0 saturated carbocycles. The third-order valence-electron chi connectivity index (χ3n) is 5.56. The number of ether oxygens (including phenoxy) is 1. The highest BCUT2D eigenvalue weighted by Gasteiger charge is 2.35. The molecule has 3 aromatic rings. The number of amides is 1. The van der Waals surface area contributed by atoms with Crippen LogP contribution in [0.4, 0.5) is 5.69 Å². The summed E-state index contributed by atoms with van der Waals surface area (Å²) in [6.07, 6.45) is 1.98. The maximum Gasteiger partial charge on any atom is 0.257 e. The smallest absolute Gasteiger partial charge is 0.257 e. The van der Waals surface area contributed by atoms with E-state index in [9.17, 15) is 4.79 Å². The number of anilines is 1. The number of hydrogen-bond acceptors (Lipinski definition) is 3. The van der Waals surface area contributed by atoms with Crippen molar-refractivity contribution in [2.45, 2.75) is 25.1 Å². The number of benzene rings is 3. The van der Waals surface area contributed by atoms with Gasteiger partial charge < -0.3 is 15.0 Å². The summed E-state index contributed by atoms with van der Waals surface area (Å²) >= 11 is 0. The number of rotatable bonds is 3. The zero-order valence-corrected chi connectivity index (χ0v) is 15.1. The minimum atomic E-state index is -0.206. The van der Waals surface area contributed by atoms with E-state index in [-0.39, 0.29) is 18.2 Å². The molecule has 0 unspecified atom stereocenters. The van der Waals surface area contributed by atoms with E-state index in [4.69, 9.17) is 4.74 Å². The highest BCUT2D eigenvalue weighted by molar-refractivity contribution is 6.02. The summed E-state index contributed by atoms with van der Waals surface area (Å²) in [6.45, 7) is 1.39. The van der Waals surface area contributed by atoms with Crippen molar-refractivity contribution >= 4 is 22.4 Å². The Labute approximate surface area is 158 Å². The van der Waals surface area contributed by atoms with E-state index in [1.165, 1.54) is 10.8 Å². The topological polar surface area (TPSA) is 41.6 Å². The lowest BCUT2D eigenvalue weighted by atomic mass is 9.98. The predicted molar refractivity (Wildman–Crippen MR) is 107 cm³/mol. The lowest BCUT2D eigenvalue weighted by molar-refractivity contribution is 0.0428. The van der Waals surface area contributed by atoms with Gasteiger partial charge in [-0.25, -0.2) is 0 Å².